The molecular weight excluding hydrogens is 1230 g/mol. The van der Waals surface area contributed by atoms with E-state index in [2.05, 4.69) is 55.4 Å². The second-order valence-electron chi connectivity index (χ2n) is 28.5. The fourth-order valence-corrected chi connectivity index (χ4v) is 12.9. The van der Waals surface area contributed by atoms with Gasteiger partial charge in [-0.2, -0.15) is 0 Å². The van der Waals surface area contributed by atoms with Crippen molar-refractivity contribution in [2.24, 2.45) is 23.7 Å². The smallest absolute Gasteiger partial charge is 0.462 e. The second kappa shape index (κ2) is 64.4. The summed E-state index contributed by atoms with van der Waals surface area (Å²) in [4.78, 5) is 72.7. The van der Waals surface area contributed by atoms with Crippen molar-refractivity contribution in [2.45, 2.75) is 395 Å². The molecule has 17 nitrogen and oxygen atoms in total. The SMILES string of the molecule is CCC(C)CCCCCCCCCCC(=O)OC[C@H](COP(=O)(O)OCC(O)COP(=O)(O)OC[C@@H](COC(=O)CCCCCCCCC(C)C)OC(=O)CCCCCCCCCCCCCCCCCCCCC(C)C)OC(=O)CCCCCCCCCCC(C)CC. The molecule has 0 aliphatic rings. The van der Waals surface area contributed by atoms with Crippen LogP contribution in [0.3, 0.4) is 0 Å². The standard InChI is InChI=1S/C75H146O17P2/c1-9-67(7)53-45-37-28-23-25-30-39-47-55-72(77)85-61-70(92-75(80)58-50-42-32-26-24-29-38-46-54-68(8)10-2)63-89-93(81,82)87-59-69(76)60-88-94(83,84)90-64-71(62-86-73(78)56-48-40-34-33-36-44-52-66(5)6)91-74(79)57-49-41-31-22-20-18-16-14-12-11-13-15-17-19-21-27-35-43-51-65(3)4/h65-71,76H,9-64H2,1-8H3,(H,81,82)(H,83,84)/t67?,68?,69?,70-,71-/m1/s1. The van der Waals surface area contributed by atoms with Gasteiger partial charge in [-0.05, 0) is 49.4 Å². The molecule has 94 heavy (non-hydrogen) atoms. The van der Waals surface area contributed by atoms with E-state index < -0.39 is 97.5 Å². The van der Waals surface area contributed by atoms with Crippen LogP contribution < -0.4 is 0 Å². The number of aliphatic hydroxyl groups excluding tert-OH is 1. The number of aliphatic hydroxyl groups is 1. The minimum absolute atomic E-state index is 0.104. The number of phosphoric ester groups is 2. The van der Waals surface area contributed by atoms with Crippen molar-refractivity contribution in [2.75, 3.05) is 39.6 Å². The first kappa shape index (κ1) is 92.1. The topological polar surface area (TPSA) is 237 Å². The van der Waals surface area contributed by atoms with Crippen LogP contribution in [0.15, 0.2) is 0 Å². The molecule has 19 heteroatoms. The molecule has 0 aliphatic carbocycles. The lowest BCUT2D eigenvalue weighted by Crippen LogP contribution is -2.30. The van der Waals surface area contributed by atoms with Gasteiger partial charge in [-0.15, -0.1) is 0 Å². The molecule has 0 saturated carbocycles. The average molecular weight is 1380 g/mol. The van der Waals surface area contributed by atoms with E-state index in [-0.39, 0.29) is 25.7 Å². The summed E-state index contributed by atoms with van der Waals surface area (Å²) in [5.74, 6) is 0.920. The molecule has 0 saturated heterocycles. The fourth-order valence-electron chi connectivity index (χ4n) is 11.3. The summed E-state index contributed by atoms with van der Waals surface area (Å²) >= 11 is 0. The van der Waals surface area contributed by atoms with Gasteiger partial charge in [0.05, 0.1) is 26.4 Å². The molecule has 0 rings (SSSR count). The number of hydrogen-bond donors (Lipinski definition) is 3. The zero-order valence-corrected chi connectivity index (χ0v) is 63.4. The molecule has 0 heterocycles. The van der Waals surface area contributed by atoms with Gasteiger partial charge in [0.1, 0.15) is 19.3 Å². The fraction of sp³-hybridized carbons (Fsp3) is 0.947. The number of carbonyl (C=O) groups is 4. The van der Waals surface area contributed by atoms with E-state index >= 15 is 0 Å². The Morgan fingerprint density at radius 1 is 0.298 bits per heavy atom. The van der Waals surface area contributed by atoms with Crippen molar-refractivity contribution >= 4 is 39.5 Å². The molecule has 7 atom stereocenters. The van der Waals surface area contributed by atoms with Crippen LogP contribution in [0.2, 0.25) is 0 Å². The van der Waals surface area contributed by atoms with E-state index in [4.69, 9.17) is 37.0 Å². The molecule has 0 bridgehead atoms. The number of rotatable bonds is 72. The Labute approximate surface area is 575 Å². The molecule has 0 amide bonds. The first-order chi connectivity index (χ1) is 45.2. The lowest BCUT2D eigenvalue weighted by atomic mass is 9.99. The first-order valence-corrected chi connectivity index (χ1v) is 41.8. The lowest BCUT2D eigenvalue weighted by molar-refractivity contribution is -0.161. The summed E-state index contributed by atoms with van der Waals surface area (Å²) in [6.45, 7) is 14.1. The predicted molar refractivity (Wildman–Crippen MR) is 381 cm³/mol. The molecule has 558 valence electrons. The van der Waals surface area contributed by atoms with Crippen LogP contribution in [0.25, 0.3) is 0 Å². The quantitative estimate of drug-likeness (QED) is 0.0222. The van der Waals surface area contributed by atoms with E-state index in [0.29, 0.717) is 31.6 Å². The summed E-state index contributed by atoms with van der Waals surface area (Å²) in [5.41, 5.74) is 0. The van der Waals surface area contributed by atoms with E-state index in [0.717, 1.165) is 114 Å². The van der Waals surface area contributed by atoms with Gasteiger partial charge < -0.3 is 33.8 Å². The molecule has 0 spiro atoms. The van der Waals surface area contributed by atoms with E-state index in [1.807, 2.05) is 0 Å². The largest absolute Gasteiger partial charge is 0.472 e. The van der Waals surface area contributed by atoms with Gasteiger partial charge in [-0.3, -0.25) is 37.3 Å². The molecule has 0 fully saturated rings. The van der Waals surface area contributed by atoms with Gasteiger partial charge in [0.25, 0.3) is 0 Å². The number of unbranched alkanes of at least 4 members (excludes halogenated alkanes) is 36. The summed E-state index contributed by atoms with van der Waals surface area (Å²) in [6, 6.07) is 0. The summed E-state index contributed by atoms with van der Waals surface area (Å²) < 4.78 is 68.4. The predicted octanol–water partition coefficient (Wildman–Crippen LogP) is 21.7. The third kappa shape index (κ3) is 66.0. The molecule has 3 N–H and O–H groups in total. The Hall–Kier alpha value is -1.94. The van der Waals surface area contributed by atoms with Crippen LogP contribution in [-0.2, 0) is 65.4 Å². The number of esters is 4. The Morgan fingerprint density at radius 3 is 0.755 bits per heavy atom. The molecule has 0 aliphatic heterocycles. The highest BCUT2D eigenvalue weighted by molar-refractivity contribution is 7.47. The number of carbonyl (C=O) groups excluding carboxylic acids is 4. The second-order valence-corrected chi connectivity index (χ2v) is 31.4. The van der Waals surface area contributed by atoms with Crippen LogP contribution in [0.4, 0.5) is 0 Å². The van der Waals surface area contributed by atoms with Crippen LogP contribution in [0, 0.1) is 23.7 Å². The summed E-state index contributed by atoms with van der Waals surface area (Å²) in [6.07, 6.45) is 48.8. The third-order valence-corrected chi connectivity index (χ3v) is 19.9. The van der Waals surface area contributed by atoms with Gasteiger partial charge in [0.15, 0.2) is 12.2 Å². The van der Waals surface area contributed by atoms with E-state index in [1.165, 1.54) is 173 Å². The zero-order chi connectivity index (χ0) is 69.6. The Kier molecular flexibility index (Phi) is 63.1. The Morgan fingerprint density at radius 2 is 0.511 bits per heavy atom. The maximum absolute atomic E-state index is 13.0. The molecule has 0 radical (unpaired) electrons. The maximum atomic E-state index is 13.0. The van der Waals surface area contributed by atoms with Crippen molar-refractivity contribution in [1.29, 1.82) is 0 Å². The molecular formula is C75H146O17P2. The first-order valence-electron chi connectivity index (χ1n) is 38.8. The van der Waals surface area contributed by atoms with Crippen molar-refractivity contribution < 1.29 is 80.2 Å². The van der Waals surface area contributed by atoms with Crippen LogP contribution in [0.1, 0.15) is 376 Å². The van der Waals surface area contributed by atoms with E-state index in [1.54, 1.807) is 0 Å². The summed E-state index contributed by atoms with van der Waals surface area (Å²) in [5, 5.41) is 10.6. The molecule has 0 aromatic rings. The average Bonchev–Trinajstić information content (AvgIpc) is 2.36. The maximum Gasteiger partial charge on any atom is 0.472 e. The third-order valence-electron chi connectivity index (χ3n) is 18.0. The van der Waals surface area contributed by atoms with Crippen LogP contribution in [-0.4, -0.2) is 96.7 Å². The van der Waals surface area contributed by atoms with Gasteiger partial charge in [-0.25, -0.2) is 9.13 Å². The van der Waals surface area contributed by atoms with Crippen molar-refractivity contribution in [3.8, 4) is 0 Å². The van der Waals surface area contributed by atoms with Gasteiger partial charge in [-0.1, -0.05) is 325 Å². The van der Waals surface area contributed by atoms with Gasteiger partial charge in [0, 0.05) is 25.7 Å². The van der Waals surface area contributed by atoms with Crippen LogP contribution >= 0.6 is 15.6 Å². The van der Waals surface area contributed by atoms with Crippen molar-refractivity contribution in [3.05, 3.63) is 0 Å². The van der Waals surface area contributed by atoms with E-state index in [9.17, 15) is 43.2 Å². The normalized spacial score (nSPS) is 14.7. The number of hydrogen-bond acceptors (Lipinski definition) is 15. The highest BCUT2D eigenvalue weighted by Gasteiger charge is 2.30. The van der Waals surface area contributed by atoms with Gasteiger partial charge >= 0.3 is 39.5 Å². The molecule has 0 aromatic heterocycles. The zero-order valence-electron chi connectivity index (χ0n) is 61.6. The van der Waals surface area contributed by atoms with Gasteiger partial charge in [0.2, 0.25) is 0 Å². The van der Waals surface area contributed by atoms with Crippen LogP contribution in [0.5, 0.6) is 0 Å². The Balaban J connectivity index is 5.18. The number of ether oxygens (including phenoxy) is 4. The molecule has 0 aromatic carbocycles. The van der Waals surface area contributed by atoms with Crippen molar-refractivity contribution in [1.82, 2.24) is 0 Å². The monoisotopic (exact) mass is 1380 g/mol. The highest BCUT2D eigenvalue weighted by atomic mass is 31.2. The minimum atomic E-state index is -4.96. The Bertz CT molecular complexity index is 1850. The molecule has 5 unspecified atom stereocenters. The highest BCUT2D eigenvalue weighted by Crippen LogP contribution is 2.45. The number of phosphoric acid groups is 2. The minimum Gasteiger partial charge on any atom is -0.462 e. The van der Waals surface area contributed by atoms with Crippen molar-refractivity contribution in [3.63, 3.8) is 0 Å². The lowest BCUT2D eigenvalue weighted by Gasteiger charge is -2.21. The summed E-state index contributed by atoms with van der Waals surface area (Å²) in [7, 11) is -9.91.